The molecule has 1 heterocycles. The molecule has 0 saturated carbocycles. The largest absolute Gasteiger partial charge is 0.308 e. The molecule has 0 amide bonds. The fourth-order valence-electron chi connectivity index (χ4n) is 3.50. The summed E-state index contributed by atoms with van der Waals surface area (Å²) in [7, 11) is -1.40. The van der Waals surface area contributed by atoms with Crippen molar-refractivity contribution in [2.75, 3.05) is 0 Å². The molecule has 0 fully saturated rings. The van der Waals surface area contributed by atoms with Crippen molar-refractivity contribution < 1.29 is 0 Å². The number of nitrogens with zero attached hydrogens (tertiary/aromatic N) is 1. The van der Waals surface area contributed by atoms with E-state index in [1.54, 1.807) is 0 Å². The molecular weight excluding hydrogens is 318 g/mol. The van der Waals surface area contributed by atoms with E-state index in [-0.39, 0.29) is 0 Å². The number of para-hydroxylation sites is 2. The van der Waals surface area contributed by atoms with Crippen molar-refractivity contribution in [3.8, 4) is 18.0 Å². The van der Waals surface area contributed by atoms with Gasteiger partial charge < -0.3 is 4.57 Å². The Kier molecular flexibility index (Phi) is 3.56. The summed E-state index contributed by atoms with van der Waals surface area (Å²) < 4.78 is 2.30. The lowest BCUT2D eigenvalue weighted by Crippen LogP contribution is -2.37. The third-order valence-corrected chi connectivity index (χ3v) is 6.88. The summed E-state index contributed by atoms with van der Waals surface area (Å²) in [6, 6.07) is 23.7. The number of aromatic nitrogens is 1. The molecule has 2 heteroatoms. The van der Waals surface area contributed by atoms with Gasteiger partial charge in [0.15, 0.2) is 0 Å². The molecule has 0 aliphatic rings. The Morgan fingerprint density at radius 3 is 1.88 bits per heavy atom. The van der Waals surface area contributed by atoms with Crippen LogP contribution < -0.4 is 5.19 Å². The van der Waals surface area contributed by atoms with Gasteiger partial charge in [0.05, 0.1) is 24.8 Å². The van der Waals surface area contributed by atoms with Crippen molar-refractivity contribution >= 4 is 35.1 Å². The minimum Gasteiger partial charge on any atom is -0.308 e. The topological polar surface area (TPSA) is 4.93 Å². The number of rotatable bonds is 2. The van der Waals surface area contributed by atoms with E-state index in [1.807, 2.05) is 0 Å². The second-order valence-electron chi connectivity index (χ2n) is 7.50. The van der Waals surface area contributed by atoms with Gasteiger partial charge in [-0.1, -0.05) is 73.2 Å². The minimum atomic E-state index is -1.40. The van der Waals surface area contributed by atoms with Crippen LogP contribution in [0, 0.1) is 12.3 Å². The first-order chi connectivity index (χ1) is 12.0. The van der Waals surface area contributed by atoms with Gasteiger partial charge in [-0.05, 0) is 24.3 Å². The van der Waals surface area contributed by atoms with Gasteiger partial charge in [-0.25, -0.2) is 0 Å². The number of terminal acetylenes is 1. The predicted molar refractivity (Wildman–Crippen MR) is 112 cm³/mol. The third-order valence-electron chi connectivity index (χ3n) is 4.84. The molecule has 0 aliphatic carbocycles. The quantitative estimate of drug-likeness (QED) is 0.344. The average Bonchev–Trinajstić information content (AvgIpc) is 2.95. The molecule has 122 valence electrons. The zero-order chi connectivity index (χ0) is 17.6. The summed E-state index contributed by atoms with van der Waals surface area (Å²) in [4.78, 5) is 0. The Morgan fingerprint density at radius 2 is 1.36 bits per heavy atom. The Morgan fingerprint density at radius 1 is 0.800 bits per heavy atom. The molecule has 1 aromatic heterocycles. The molecule has 4 rings (SSSR count). The van der Waals surface area contributed by atoms with E-state index in [0.29, 0.717) is 0 Å². The van der Waals surface area contributed by atoms with E-state index >= 15 is 0 Å². The van der Waals surface area contributed by atoms with Gasteiger partial charge in [-0.2, -0.15) is 0 Å². The second kappa shape index (κ2) is 5.65. The lowest BCUT2D eigenvalue weighted by atomic mass is 10.1. The van der Waals surface area contributed by atoms with Crippen molar-refractivity contribution in [3.63, 3.8) is 0 Å². The third kappa shape index (κ3) is 2.48. The van der Waals surface area contributed by atoms with Gasteiger partial charge in [-0.3, -0.25) is 0 Å². The lowest BCUT2D eigenvalue weighted by molar-refractivity contribution is 1.17. The van der Waals surface area contributed by atoms with Crippen LogP contribution in [0.15, 0.2) is 66.7 Å². The summed E-state index contributed by atoms with van der Waals surface area (Å²) in [6.07, 6.45) is 5.91. The highest BCUT2D eigenvalue weighted by Gasteiger charge is 2.19. The fourth-order valence-corrected chi connectivity index (χ4v) is 4.66. The van der Waals surface area contributed by atoms with Crippen molar-refractivity contribution in [2.24, 2.45) is 0 Å². The SMILES string of the molecule is C#Cc1cc([Si](C)(C)C)ccc1-n1c2ccccc2c2ccccc21. The standard InChI is InChI=1S/C23H21NSi/c1-5-17-16-18(25(2,3)4)14-15-21(17)24-22-12-8-6-10-19(22)20-11-7-9-13-23(20)24/h1,6-16H,2-4H3. The molecule has 25 heavy (non-hydrogen) atoms. The number of benzene rings is 3. The number of hydrogen-bond donors (Lipinski definition) is 0. The molecule has 0 bridgehead atoms. The van der Waals surface area contributed by atoms with Gasteiger partial charge in [0.1, 0.15) is 0 Å². The molecule has 0 saturated heterocycles. The minimum absolute atomic E-state index is 0.964. The number of fused-ring (bicyclic) bond motifs is 3. The molecule has 0 radical (unpaired) electrons. The summed E-state index contributed by atoms with van der Waals surface area (Å²) in [5, 5.41) is 3.91. The maximum atomic E-state index is 5.91. The van der Waals surface area contributed by atoms with Gasteiger partial charge in [0, 0.05) is 16.3 Å². The predicted octanol–water partition coefficient (Wildman–Crippen LogP) is 5.31. The smallest absolute Gasteiger partial charge is 0.0776 e. The van der Waals surface area contributed by atoms with Crippen LogP contribution in [0.1, 0.15) is 5.56 Å². The first-order valence-electron chi connectivity index (χ1n) is 8.60. The number of hydrogen-bond acceptors (Lipinski definition) is 0. The molecule has 1 nitrogen and oxygen atoms in total. The Bertz CT molecular complexity index is 1080. The van der Waals surface area contributed by atoms with Crippen molar-refractivity contribution in [3.05, 3.63) is 72.3 Å². The highest BCUT2D eigenvalue weighted by atomic mass is 28.3. The Hall–Kier alpha value is -2.76. The highest BCUT2D eigenvalue weighted by molar-refractivity contribution is 6.88. The molecule has 0 atom stereocenters. The first kappa shape index (κ1) is 15.7. The first-order valence-corrected chi connectivity index (χ1v) is 12.1. The average molecular weight is 340 g/mol. The van der Waals surface area contributed by atoms with E-state index in [1.165, 1.54) is 27.0 Å². The summed E-state index contributed by atoms with van der Waals surface area (Å²) >= 11 is 0. The molecule has 0 aliphatic heterocycles. The Balaban J connectivity index is 2.10. The zero-order valence-electron chi connectivity index (χ0n) is 14.9. The summed E-state index contributed by atoms with van der Waals surface area (Å²) in [5.74, 6) is 2.93. The van der Waals surface area contributed by atoms with Crippen LogP contribution in [0.25, 0.3) is 27.5 Å². The monoisotopic (exact) mass is 339 g/mol. The molecule has 3 aromatic carbocycles. The summed E-state index contributed by atoms with van der Waals surface area (Å²) in [5.41, 5.74) is 4.44. The maximum absolute atomic E-state index is 5.91. The normalized spacial score (nSPS) is 11.8. The van der Waals surface area contributed by atoms with Crippen molar-refractivity contribution in [2.45, 2.75) is 19.6 Å². The maximum Gasteiger partial charge on any atom is 0.0776 e. The fraction of sp³-hybridized carbons (Fsp3) is 0.130. The van der Waals surface area contributed by atoms with E-state index in [9.17, 15) is 0 Å². The van der Waals surface area contributed by atoms with E-state index in [0.717, 1.165) is 11.3 Å². The van der Waals surface area contributed by atoms with Crippen LogP contribution in [0.5, 0.6) is 0 Å². The van der Waals surface area contributed by atoms with E-state index < -0.39 is 8.07 Å². The van der Waals surface area contributed by atoms with Gasteiger partial charge in [0.2, 0.25) is 0 Å². The second-order valence-corrected chi connectivity index (χ2v) is 12.6. The van der Waals surface area contributed by atoms with Crippen molar-refractivity contribution in [1.29, 1.82) is 0 Å². The van der Waals surface area contributed by atoms with Crippen LogP contribution >= 0.6 is 0 Å². The molecular formula is C23H21NSi. The zero-order valence-corrected chi connectivity index (χ0v) is 15.9. The molecule has 4 aromatic rings. The van der Waals surface area contributed by atoms with Crippen LogP contribution in [0.4, 0.5) is 0 Å². The van der Waals surface area contributed by atoms with Crippen LogP contribution in [0.3, 0.4) is 0 Å². The van der Waals surface area contributed by atoms with Crippen LogP contribution in [-0.2, 0) is 0 Å². The molecule has 0 unspecified atom stereocenters. The molecule has 0 spiro atoms. The van der Waals surface area contributed by atoms with E-state index in [4.69, 9.17) is 6.42 Å². The van der Waals surface area contributed by atoms with E-state index in [2.05, 4.69) is 96.9 Å². The highest BCUT2D eigenvalue weighted by Crippen LogP contribution is 2.32. The van der Waals surface area contributed by atoms with Gasteiger partial charge in [-0.15, -0.1) is 6.42 Å². The van der Waals surface area contributed by atoms with Gasteiger partial charge in [0.25, 0.3) is 0 Å². The van der Waals surface area contributed by atoms with Crippen LogP contribution in [0.2, 0.25) is 19.6 Å². The lowest BCUT2D eigenvalue weighted by Gasteiger charge is -2.19. The summed E-state index contributed by atoms with van der Waals surface area (Å²) in [6.45, 7) is 7.05. The van der Waals surface area contributed by atoms with Crippen molar-refractivity contribution in [1.82, 2.24) is 4.57 Å². The Labute approximate surface area is 149 Å². The van der Waals surface area contributed by atoms with Crippen LogP contribution in [-0.4, -0.2) is 12.6 Å². The molecule has 0 N–H and O–H groups in total. The van der Waals surface area contributed by atoms with Gasteiger partial charge >= 0.3 is 0 Å².